The average Bonchev–Trinajstić information content (AvgIpc) is 1.59. The van der Waals surface area contributed by atoms with Gasteiger partial charge in [-0.1, -0.05) is 39.0 Å². The fraction of sp³-hybridized carbons (Fsp3) is 0.429. The lowest BCUT2D eigenvalue weighted by Gasteiger charge is -2.33. The summed E-state index contributed by atoms with van der Waals surface area (Å²) in [7, 11) is 0. The van der Waals surface area contributed by atoms with Crippen LogP contribution in [0.25, 0.3) is 66.9 Å². The summed E-state index contributed by atoms with van der Waals surface area (Å²) < 4.78 is 51.1. The van der Waals surface area contributed by atoms with Crippen molar-refractivity contribution in [3.63, 3.8) is 0 Å². The SMILES string of the molecule is CC1(C)CCc2nc3c(F)cc(-c4ccnc(Cl)n4)cc3n21.CCN1CCN(Cc2ccc(N)nc2)CC1.CCN1CCN(Cc2ccc(Nc3nccc(-c4cc(F)c5nc6n(c5c4)C(C)(C)CC6)n3)nc2)CC1.CCN1CCN(Cc2ccc(Nc3nccc(-c4cc(F)c5nc6n(c5c4)C(C)(C)CC6)n3)nc2)CC1. The maximum atomic E-state index is 15.1. The molecule has 0 aliphatic carbocycles. The zero-order valence-corrected chi connectivity index (χ0v) is 66.3. The molecule has 0 saturated carbocycles. The quantitative estimate of drug-likeness (QED) is 0.0762. The Kier molecular flexibility index (Phi) is 22.8. The molecule has 0 unspecified atom stereocenters. The predicted molar refractivity (Wildman–Crippen MR) is 436 cm³/mol. The molecule has 3 saturated heterocycles. The first-order valence-corrected chi connectivity index (χ1v) is 39.7. The van der Waals surface area contributed by atoms with E-state index in [1.165, 1.54) is 48.0 Å². The molecule has 6 aliphatic heterocycles. The van der Waals surface area contributed by atoms with Crippen molar-refractivity contribution in [3.8, 4) is 33.8 Å². The number of anilines is 5. The van der Waals surface area contributed by atoms with E-state index in [1.807, 2.05) is 55.0 Å². The Hall–Kier alpha value is -10.0. The Bertz CT molecular complexity index is 5070. The maximum absolute atomic E-state index is 15.1. The second kappa shape index (κ2) is 33.0. The number of benzene rings is 3. The molecular weight excluding hydrogens is 1440 g/mol. The van der Waals surface area contributed by atoms with Crippen LogP contribution in [0.3, 0.4) is 0 Å². The standard InChI is InChI=1S/2C28H33FN8.C16H14ClFN4.C12H20N4/c2*1-4-35-11-13-36(14-12-35)18-19-5-6-24(31-17-19)33-27-30-10-8-22(32-27)20-15-21(29)26-23(16-20)37-25(34-26)7-9-28(37,2)3;1-16(2)5-3-13-21-14-10(18)7-9(8-12(14)22(13)16)11-4-6-19-15(17)20-11;1-2-15-5-7-16(8-6-15)10-11-3-4-12(13)14-9-11/h2*5-6,8,10,15-17H,4,7,9,11-14,18H2,1-3H3,(H,30,31,32,33);4,6-8H,3,5H2,1-2H3;3-4,9H,2,5-8,10H2,1H3,(H2,13,14). The summed E-state index contributed by atoms with van der Waals surface area (Å²) in [4.78, 5) is 67.8. The number of imidazole rings is 3. The van der Waals surface area contributed by atoms with Gasteiger partial charge in [-0.2, -0.15) is 0 Å². The summed E-state index contributed by atoms with van der Waals surface area (Å²) in [5, 5.41) is 6.54. The maximum Gasteiger partial charge on any atom is 0.228 e. The van der Waals surface area contributed by atoms with Gasteiger partial charge in [-0.25, -0.2) is 73.0 Å². The second-order valence-electron chi connectivity index (χ2n) is 31.8. The van der Waals surface area contributed by atoms with Crippen LogP contribution in [-0.2, 0) is 55.5 Å². The lowest BCUT2D eigenvalue weighted by Crippen LogP contribution is -2.45. The molecule has 112 heavy (non-hydrogen) atoms. The number of rotatable bonds is 16. The normalized spacial score (nSPS) is 17.7. The second-order valence-corrected chi connectivity index (χ2v) is 32.2. The molecule has 9 aromatic heterocycles. The van der Waals surface area contributed by atoms with Crippen molar-refractivity contribution < 1.29 is 13.2 Å². The highest BCUT2D eigenvalue weighted by molar-refractivity contribution is 6.28. The largest absolute Gasteiger partial charge is 0.384 e. The summed E-state index contributed by atoms with van der Waals surface area (Å²) in [5.41, 5.74) is 16.6. The third-order valence-electron chi connectivity index (χ3n) is 22.8. The fourth-order valence-electron chi connectivity index (χ4n) is 16.3. The molecule has 3 aromatic carbocycles. The zero-order chi connectivity index (χ0) is 78.0. The molecule has 0 spiro atoms. The van der Waals surface area contributed by atoms with Crippen molar-refractivity contribution in [1.29, 1.82) is 0 Å². The molecule has 28 heteroatoms. The van der Waals surface area contributed by atoms with Gasteiger partial charge >= 0.3 is 0 Å². The van der Waals surface area contributed by atoms with Crippen LogP contribution in [0.1, 0.15) is 116 Å². The summed E-state index contributed by atoms with van der Waals surface area (Å²) >= 11 is 5.84. The number of nitrogens with zero attached hydrogens (tertiary/aromatic N) is 21. The van der Waals surface area contributed by atoms with E-state index in [0.29, 0.717) is 79.7 Å². The van der Waals surface area contributed by atoms with E-state index in [0.717, 1.165) is 177 Å². The van der Waals surface area contributed by atoms with Crippen LogP contribution in [0.4, 0.5) is 42.5 Å². The third kappa shape index (κ3) is 17.3. The lowest BCUT2D eigenvalue weighted by atomic mass is 10.0. The van der Waals surface area contributed by atoms with Crippen molar-refractivity contribution in [2.45, 2.75) is 137 Å². The first kappa shape index (κ1) is 77.3. The molecular formula is C84H100ClF3N24. The van der Waals surface area contributed by atoms with Crippen LogP contribution in [0.2, 0.25) is 5.28 Å². The number of nitrogens with one attached hydrogen (secondary N) is 2. The number of aromatic nitrogens is 15. The monoisotopic (exact) mass is 1540 g/mol. The molecule has 0 radical (unpaired) electrons. The molecule has 0 atom stereocenters. The minimum Gasteiger partial charge on any atom is -0.384 e. The van der Waals surface area contributed by atoms with E-state index < -0.39 is 0 Å². The van der Waals surface area contributed by atoms with Gasteiger partial charge in [0.1, 0.15) is 51.5 Å². The number of pyridine rings is 3. The van der Waals surface area contributed by atoms with Crippen LogP contribution >= 0.6 is 11.6 Å². The first-order chi connectivity index (χ1) is 54.0. The van der Waals surface area contributed by atoms with E-state index in [4.69, 9.17) is 17.3 Å². The highest BCUT2D eigenvalue weighted by Gasteiger charge is 2.36. The Morgan fingerprint density at radius 3 is 1.02 bits per heavy atom. The minimum absolute atomic E-state index is 0.0571. The molecule has 4 N–H and O–H groups in total. The van der Waals surface area contributed by atoms with Crippen molar-refractivity contribution in [3.05, 3.63) is 185 Å². The zero-order valence-electron chi connectivity index (χ0n) is 65.6. The molecule has 12 aromatic rings. The van der Waals surface area contributed by atoms with Gasteiger partial charge in [0.25, 0.3) is 0 Å². The number of hydrogen-bond donors (Lipinski definition) is 3. The van der Waals surface area contributed by atoms with Gasteiger partial charge in [-0.3, -0.25) is 14.7 Å². The Morgan fingerprint density at radius 2 is 0.705 bits per heavy atom. The van der Waals surface area contributed by atoms with Crippen molar-refractivity contribution in [2.75, 3.05) is 115 Å². The molecule has 0 bridgehead atoms. The molecule has 15 heterocycles. The minimum atomic E-state index is -0.333. The van der Waals surface area contributed by atoms with E-state index >= 15 is 8.78 Å². The number of fused-ring (bicyclic) bond motifs is 9. The van der Waals surface area contributed by atoms with E-state index in [9.17, 15) is 4.39 Å². The van der Waals surface area contributed by atoms with Gasteiger partial charge in [0.15, 0.2) is 17.5 Å². The van der Waals surface area contributed by atoms with Crippen molar-refractivity contribution in [1.82, 2.24) is 103 Å². The Balaban J connectivity index is 0.000000124. The van der Waals surface area contributed by atoms with Crippen LogP contribution < -0.4 is 16.4 Å². The third-order valence-corrected chi connectivity index (χ3v) is 23.0. The summed E-state index contributed by atoms with van der Waals surface area (Å²) in [6.07, 6.45) is 16.2. The van der Waals surface area contributed by atoms with Gasteiger partial charge in [0, 0.05) is 188 Å². The van der Waals surface area contributed by atoms with Gasteiger partial charge in [-0.15, -0.1) is 0 Å². The van der Waals surface area contributed by atoms with Crippen LogP contribution in [0, 0.1) is 17.5 Å². The fourth-order valence-corrected chi connectivity index (χ4v) is 16.4. The Labute approximate surface area is 657 Å². The number of piperazine rings is 3. The molecule has 0 amide bonds. The highest BCUT2D eigenvalue weighted by Crippen LogP contribution is 2.41. The predicted octanol–water partition coefficient (Wildman–Crippen LogP) is 13.9. The average molecular weight is 1540 g/mol. The molecule has 3 fully saturated rings. The van der Waals surface area contributed by atoms with Crippen molar-refractivity contribution in [2.24, 2.45) is 0 Å². The van der Waals surface area contributed by atoms with Crippen LogP contribution in [0.15, 0.2) is 128 Å². The molecule has 584 valence electrons. The molecule has 6 aliphatic rings. The lowest BCUT2D eigenvalue weighted by molar-refractivity contribution is 0.132. The summed E-state index contributed by atoms with van der Waals surface area (Å²) in [5.74, 6) is 4.63. The number of aryl methyl sites for hydroxylation is 3. The number of nitrogens with two attached hydrogens (primary N) is 1. The number of hydrogen-bond acceptors (Lipinski definition) is 21. The van der Waals surface area contributed by atoms with Gasteiger partial charge in [0.05, 0.1) is 33.6 Å². The summed E-state index contributed by atoms with van der Waals surface area (Å²) in [6.45, 7) is 39.3. The number of likely N-dealkylation sites (N-methyl/N-ethyl adjacent to an activating group) is 3. The number of halogens is 4. The highest BCUT2D eigenvalue weighted by atomic mass is 35.5. The van der Waals surface area contributed by atoms with E-state index in [2.05, 4.69) is 194 Å². The van der Waals surface area contributed by atoms with Crippen LogP contribution in [0.5, 0.6) is 0 Å². The summed E-state index contributed by atoms with van der Waals surface area (Å²) in [6, 6.07) is 27.7. The smallest absolute Gasteiger partial charge is 0.228 e. The van der Waals surface area contributed by atoms with Crippen LogP contribution in [-0.4, -0.2) is 201 Å². The molecule has 24 nitrogen and oxygen atoms in total. The Morgan fingerprint density at radius 1 is 0.384 bits per heavy atom. The van der Waals surface area contributed by atoms with Crippen molar-refractivity contribution >= 4 is 74.1 Å². The van der Waals surface area contributed by atoms with Gasteiger partial charge in [-0.05, 0) is 182 Å². The number of nitrogen functional groups attached to an aromatic ring is 1. The van der Waals surface area contributed by atoms with E-state index in [-0.39, 0.29) is 39.4 Å². The van der Waals surface area contributed by atoms with Gasteiger partial charge < -0.3 is 44.8 Å². The first-order valence-electron chi connectivity index (χ1n) is 39.3. The molecule has 18 rings (SSSR count). The van der Waals surface area contributed by atoms with Gasteiger partial charge in [0.2, 0.25) is 17.2 Å². The van der Waals surface area contributed by atoms with E-state index in [1.54, 1.807) is 36.8 Å². The topological polar surface area (TPSA) is 239 Å².